The third-order valence-corrected chi connectivity index (χ3v) is 3.47. The smallest absolute Gasteiger partial charge is 0.273 e. The molecule has 0 unspecified atom stereocenters. The first-order chi connectivity index (χ1) is 6.94. The topological polar surface area (TPSA) is 55.1 Å². The van der Waals surface area contributed by atoms with Gasteiger partial charge in [0.15, 0.2) is 5.69 Å². The number of aryl methyl sites for hydroxylation is 1. The number of aromatic nitrogens is 1. The zero-order chi connectivity index (χ0) is 11.5. The van der Waals surface area contributed by atoms with E-state index >= 15 is 0 Å². The molecule has 0 saturated heterocycles. The molecule has 1 amide bonds. The average Bonchev–Trinajstić information content (AvgIpc) is 2.61. The van der Waals surface area contributed by atoms with Gasteiger partial charge in [0.25, 0.3) is 5.91 Å². The predicted molar refractivity (Wildman–Crippen MR) is 61.1 cm³/mol. The molecular formula is C10H15BrN2O2. The lowest BCUT2D eigenvalue weighted by Crippen LogP contribution is -2.35. The van der Waals surface area contributed by atoms with Crippen molar-refractivity contribution in [1.29, 1.82) is 0 Å². The molecule has 0 aliphatic heterocycles. The molecule has 0 saturated carbocycles. The fourth-order valence-corrected chi connectivity index (χ4v) is 1.13. The van der Waals surface area contributed by atoms with Gasteiger partial charge in [-0.2, -0.15) is 0 Å². The van der Waals surface area contributed by atoms with Gasteiger partial charge in [-0.15, -0.1) is 0 Å². The molecule has 1 aromatic rings. The molecule has 0 atom stereocenters. The molecule has 0 fully saturated rings. The maximum Gasteiger partial charge on any atom is 0.273 e. The summed E-state index contributed by atoms with van der Waals surface area (Å²) < 4.78 is 4.82. The summed E-state index contributed by atoms with van der Waals surface area (Å²) in [4.78, 5) is 11.6. The zero-order valence-electron chi connectivity index (χ0n) is 9.13. The van der Waals surface area contributed by atoms with Crippen molar-refractivity contribution in [1.82, 2.24) is 10.5 Å². The minimum atomic E-state index is -0.194. The highest BCUT2D eigenvalue weighted by Crippen LogP contribution is 2.16. The van der Waals surface area contributed by atoms with Gasteiger partial charge in [-0.1, -0.05) is 34.9 Å². The summed E-state index contributed by atoms with van der Waals surface area (Å²) in [6, 6.07) is 1.62. The van der Waals surface area contributed by atoms with E-state index in [1.54, 1.807) is 13.0 Å². The molecule has 0 spiro atoms. The van der Waals surface area contributed by atoms with E-state index in [1.165, 1.54) is 0 Å². The number of halogens is 1. The average molecular weight is 275 g/mol. The summed E-state index contributed by atoms with van der Waals surface area (Å²) >= 11 is 3.40. The molecule has 0 aromatic carbocycles. The van der Waals surface area contributed by atoms with Gasteiger partial charge in [0.2, 0.25) is 0 Å². The number of nitrogens with one attached hydrogen (secondary N) is 1. The van der Waals surface area contributed by atoms with E-state index in [-0.39, 0.29) is 11.3 Å². The number of carbonyl (C=O) groups excluding carboxylic acids is 1. The maximum atomic E-state index is 11.6. The summed E-state index contributed by atoms with van der Waals surface area (Å²) in [6.07, 6.45) is 0. The van der Waals surface area contributed by atoms with Crippen molar-refractivity contribution in [3.8, 4) is 0 Å². The number of hydrogen-bond acceptors (Lipinski definition) is 3. The fraction of sp³-hybridized carbons (Fsp3) is 0.600. The quantitative estimate of drug-likeness (QED) is 0.856. The number of nitrogens with zero attached hydrogens (tertiary/aromatic N) is 1. The summed E-state index contributed by atoms with van der Waals surface area (Å²) in [6.45, 7) is 6.49. The molecule has 5 heteroatoms. The monoisotopic (exact) mass is 274 g/mol. The molecule has 1 heterocycles. The number of alkyl halides is 1. The van der Waals surface area contributed by atoms with Crippen LogP contribution >= 0.6 is 15.9 Å². The van der Waals surface area contributed by atoms with Crippen LogP contribution in [0.4, 0.5) is 0 Å². The third-order valence-electron chi connectivity index (χ3n) is 1.95. The summed E-state index contributed by atoms with van der Waals surface area (Å²) in [7, 11) is 0. The van der Waals surface area contributed by atoms with E-state index in [1.807, 2.05) is 0 Å². The maximum absolute atomic E-state index is 11.6. The summed E-state index contributed by atoms with van der Waals surface area (Å²) in [5, 5.41) is 7.29. The fourth-order valence-electron chi connectivity index (χ4n) is 0.931. The van der Waals surface area contributed by atoms with Crippen molar-refractivity contribution < 1.29 is 9.32 Å². The summed E-state index contributed by atoms with van der Waals surface area (Å²) in [5.41, 5.74) is 0.368. The van der Waals surface area contributed by atoms with E-state index in [0.29, 0.717) is 18.0 Å². The minimum absolute atomic E-state index is 0.0362. The number of amides is 1. The second-order valence-corrected chi connectivity index (χ2v) is 4.86. The Kier molecular flexibility index (Phi) is 3.90. The molecule has 1 N–H and O–H groups in total. The molecule has 0 aliphatic rings. The van der Waals surface area contributed by atoms with E-state index in [4.69, 9.17) is 4.52 Å². The van der Waals surface area contributed by atoms with Crippen LogP contribution in [-0.2, 0) is 0 Å². The second kappa shape index (κ2) is 4.79. The molecule has 84 valence electrons. The van der Waals surface area contributed by atoms with Crippen molar-refractivity contribution in [2.45, 2.75) is 20.8 Å². The molecule has 15 heavy (non-hydrogen) atoms. The Morgan fingerprint density at radius 3 is 2.80 bits per heavy atom. The van der Waals surface area contributed by atoms with Crippen LogP contribution in [0, 0.1) is 12.3 Å². The van der Waals surface area contributed by atoms with Crippen LogP contribution in [0.15, 0.2) is 10.6 Å². The molecule has 1 aromatic heterocycles. The SMILES string of the molecule is Cc1cc(C(=O)NCC(C)(C)CBr)no1. The Hall–Kier alpha value is -0.840. The van der Waals surface area contributed by atoms with Gasteiger partial charge >= 0.3 is 0 Å². The standard InChI is InChI=1S/C10H15BrN2O2/c1-7-4-8(13-15-7)9(14)12-6-10(2,3)5-11/h4H,5-6H2,1-3H3,(H,12,14). The normalized spacial score (nSPS) is 11.5. The van der Waals surface area contributed by atoms with Gasteiger partial charge in [-0.05, 0) is 12.3 Å². The zero-order valence-corrected chi connectivity index (χ0v) is 10.7. The van der Waals surface area contributed by atoms with E-state index in [9.17, 15) is 4.79 Å². The third kappa shape index (κ3) is 3.66. The van der Waals surface area contributed by atoms with Crippen molar-refractivity contribution in [3.63, 3.8) is 0 Å². The van der Waals surface area contributed by atoms with Gasteiger partial charge in [0.05, 0.1) is 0 Å². The van der Waals surface area contributed by atoms with Crippen LogP contribution < -0.4 is 5.32 Å². The Morgan fingerprint density at radius 1 is 1.67 bits per heavy atom. The van der Waals surface area contributed by atoms with Gasteiger partial charge in [-0.25, -0.2) is 0 Å². The number of carbonyl (C=O) groups is 1. The highest BCUT2D eigenvalue weighted by Gasteiger charge is 2.18. The highest BCUT2D eigenvalue weighted by molar-refractivity contribution is 9.09. The van der Waals surface area contributed by atoms with Gasteiger partial charge < -0.3 is 9.84 Å². The second-order valence-electron chi connectivity index (χ2n) is 4.30. The Bertz CT molecular complexity index is 347. The largest absolute Gasteiger partial charge is 0.361 e. The van der Waals surface area contributed by atoms with Crippen LogP contribution in [0.1, 0.15) is 30.1 Å². The van der Waals surface area contributed by atoms with Gasteiger partial charge in [-0.3, -0.25) is 4.79 Å². The predicted octanol–water partition coefficient (Wildman–Crippen LogP) is 2.13. The lowest BCUT2D eigenvalue weighted by molar-refractivity contribution is 0.0931. The Labute approximate surface area is 97.5 Å². The Morgan fingerprint density at radius 2 is 2.33 bits per heavy atom. The minimum Gasteiger partial charge on any atom is -0.361 e. The van der Waals surface area contributed by atoms with Crippen molar-refractivity contribution in [3.05, 3.63) is 17.5 Å². The van der Waals surface area contributed by atoms with Crippen LogP contribution in [-0.4, -0.2) is 22.9 Å². The van der Waals surface area contributed by atoms with Gasteiger partial charge in [0.1, 0.15) is 5.76 Å². The molecular weight excluding hydrogens is 260 g/mol. The molecule has 1 rings (SSSR count). The molecule has 0 aliphatic carbocycles. The van der Waals surface area contributed by atoms with Crippen molar-refractivity contribution >= 4 is 21.8 Å². The highest BCUT2D eigenvalue weighted by atomic mass is 79.9. The summed E-state index contributed by atoms with van der Waals surface area (Å²) in [5.74, 6) is 0.445. The van der Waals surface area contributed by atoms with Gasteiger partial charge in [0, 0.05) is 17.9 Å². The number of rotatable bonds is 4. The first-order valence-electron chi connectivity index (χ1n) is 4.72. The van der Waals surface area contributed by atoms with Crippen LogP contribution in [0.25, 0.3) is 0 Å². The lowest BCUT2D eigenvalue weighted by atomic mass is 9.97. The van der Waals surface area contributed by atoms with E-state index in [0.717, 1.165) is 5.33 Å². The van der Waals surface area contributed by atoms with Crippen LogP contribution in [0.5, 0.6) is 0 Å². The molecule has 0 radical (unpaired) electrons. The number of hydrogen-bond donors (Lipinski definition) is 1. The first kappa shape index (κ1) is 12.2. The van der Waals surface area contributed by atoms with Crippen molar-refractivity contribution in [2.75, 3.05) is 11.9 Å². The molecule has 4 nitrogen and oxygen atoms in total. The lowest BCUT2D eigenvalue weighted by Gasteiger charge is -2.21. The van der Waals surface area contributed by atoms with Crippen LogP contribution in [0.3, 0.4) is 0 Å². The Balaban J connectivity index is 2.50. The molecule has 0 bridgehead atoms. The van der Waals surface area contributed by atoms with Crippen LogP contribution in [0.2, 0.25) is 0 Å². The first-order valence-corrected chi connectivity index (χ1v) is 5.84. The van der Waals surface area contributed by atoms with Crippen molar-refractivity contribution in [2.24, 2.45) is 5.41 Å². The van der Waals surface area contributed by atoms with E-state index in [2.05, 4.69) is 40.3 Å². The van der Waals surface area contributed by atoms with E-state index < -0.39 is 0 Å².